The summed E-state index contributed by atoms with van der Waals surface area (Å²) in [5, 5.41) is 0. The lowest BCUT2D eigenvalue weighted by Gasteiger charge is -2.23. The molecule has 0 aliphatic heterocycles. The largest absolute Gasteiger partial charge is 0.494 e. The number of carbonyl (C=O) groups is 4. The lowest BCUT2D eigenvalue weighted by atomic mass is 9.90. The smallest absolute Gasteiger partial charge is 0.343 e. The highest BCUT2D eigenvalue weighted by molar-refractivity contribution is 5.93. The summed E-state index contributed by atoms with van der Waals surface area (Å²) in [6.07, 6.45) is 15.0. The monoisotopic (exact) mass is 796 g/mol. The highest BCUT2D eigenvalue weighted by atomic mass is 16.5. The van der Waals surface area contributed by atoms with Crippen LogP contribution in [0.15, 0.2) is 98.6 Å². The van der Waals surface area contributed by atoms with E-state index in [1.165, 1.54) is 19.3 Å². The number of esters is 4. The van der Waals surface area contributed by atoms with Crippen LogP contribution in [-0.2, 0) is 23.8 Å². The van der Waals surface area contributed by atoms with Crippen LogP contribution in [0.25, 0.3) is 5.76 Å². The zero-order chi connectivity index (χ0) is 41.4. The molecule has 58 heavy (non-hydrogen) atoms. The van der Waals surface area contributed by atoms with E-state index in [-0.39, 0.29) is 11.5 Å². The second kappa shape index (κ2) is 25.4. The second-order valence-corrected chi connectivity index (χ2v) is 14.0. The molecule has 1 aliphatic carbocycles. The van der Waals surface area contributed by atoms with Gasteiger partial charge < -0.3 is 33.2 Å². The summed E-state index contributed by atoms with van der Waals surface area (Å²) in [6, 6.07) is 18.1. The van der Waals surface area contributed by atoms with Crippen molar-refractivity contribution >= 4 is 29.6 Å². The highest BCUT2D eigenvalue weighted by Crippen LogP contribution is 2.33. The minimum Gasteiger partial charge on any atom is -0.494 e. The first-order valence-corrected chi connectivity index (χ1v) is 20.2. The van der Waals surface area contributed by atoms with Gasteiger partial charge in [-0.25, -0.2) is 19.2 Å². The molecule has 0 saturated heterocycles. The molecule has 1 saturated carbocycles. The van der Waals surface area contributed by atoms with Crippen molar-refractivity contribution in [1.29, 1.82) is 0 Å². The Morgan fingerprint density at radius 2 is 1.02 bits per heavy atom. The number of carbonyl (C=O) groups excluding carboxylic acids is 4. The first-order chi connectivity index (χ1) is 28.2. The summed E-state index contributed by atoms with van der Waals surface area (Å²) in [7, 11) is 0. The number of ether oxygens (including phenoxy) is 7. The van der Waals surface area contributed by atoms with E-state index in [9.17, 15) is 19.2 Å². The fourth-order valence-electron chi connectivity index (χ4n) is 6.19. The van der Waals surface area contributed by atoms with Crippen LogP contribution in [-0.4, -0.2) is 56.9 Å². The summed E-state index contributed by atoms with van der Waals surface area (Å²) in [5.74, 6) is 0.472. The molecule has 1 fully saturated rings. The Hall–Kier alpha value is -5.84. The second-order valence-electron chi connectivity index (χ2n) is 14.0. The summed E-state index contributed by atoms with van der Waals surface area (Å²) in [4.78, 5) is 48.7. The molecule has 0 heterocycles. The normalized spacial score (nSPS) is 12.4. The van der Waals surface area contributed by atoms with Gasteiger partial charge in [0.15, 0.2) is 0 Å². The van der Waals surface area contributed by atoms with E-state index < -0.39 is 23.9 Å². The predicted molar refractivity (Wildman–Crippen MR) is 221 cm³/mol. The molecule has 0 radical (unpaired) electrons. The van der Waals surface area contributed by atoms with Gasteiger partial charge in [0.05, 0.1) is 49.7 Å². The Bertz CT molecular complexity index is 1790. The zero-order valence-corrected chi connectivity index (χ0v) is 33.4. The predicted octanol–water partition coefficient (Wildman–Crippen LogP) is 10.0. The first kappa shape index (κ1) is 44.9. The molecule has 0 atom stereocenters. The molecular formula is C47H56O11. The Morgan fingerprint density at radius 3 is 1.52 bits per heavy atom. The van der Waals surface area contributed by atoms with E-state index in [1.54, 1.807) is 66.7 Å². The first-order valence-electron chi connectivity index (χ1n) is 20.2. The molecule has 3 aromatic rings. The average Bonchev–Trinajstić information content (AvgIpc) is 3.25. The average molecular weight is 797 g/mol. The van der Waals surface area contributed by atoms with Gasteiger partial charge in [-0.3, -0.25) is 0 Å². The molecule has 3 aromatic carbocycles. The fraction of sp³-hybridized carbons (Fsp3) is 0.404. The number of unbranched alkanes of at least 4 members (excludes halogenated alkanes) is 6. The van der Waals surface area contributed by atoms with Crippen LogP contribution in [0.4, 0.5) is 0 Å². The maximum absolute atomic E-state index is 13.3. The summed E-state index contributed by atoms with van der Waals surface area (Å²) >= 11 is 0. The quantitative estimate of drug-likeness (QED) is 0.0253. The van der Waals surface area contributed by atoms with Gasteiger partial charge >= 0.3 is 23.9 Å². The van der Waals surface area contributed by atoms with Gasteiger partial charge in [0.2, 0.25) is 0 Å². The Labute approximate surface area is 341 Å². The molecule has 0 spiro atoms. The lowest BCUT2D eigenvalue weighted by Crippen LogP contribution is -2.14. The maximum atomic E-state index is 13.3. The molecule has 310 valence electrons. The lowest BCUT2D eigenvalue weighted by molar-refractivity contribution is -0.138. The van der Waals surface area contributed by atoms with Gasteiger partial charge in [-0.05, 0) is 137 Å². The number of benzene rings is 3. The van der Waals surface area contributed by atoms with Crippen molar-refractivity contribution in [3.63, 3.8) is 0 Å². The third-order valence-corrected chi connectivity index (χ3v) is 9.50. The van der Waals surface area contributed by atoms with Gasteiger partial charge in [0.25, 0.3) is 0 Å². The molecule has 0 amide bonds. The van der Waals surface area contributed by atoms with Crippen molar-refractivity contribution in [3.05, 3.63) is 115 Å². The van der Waals surface area contributed by atoms with Crippen LogP contribution in [0.5, 0.6) is 23.0 Å². The van der Waals surface area contributed by atoms with Crippen LogP contribution in [0.3, 0.4) is 0 Å². The van der Waals surface area contributed by atoms with Gasteiger partial charge in [0, 0.05) is 12.2 Å². The fourth-order valence-corrected chi connectivity index (χ4v) is 6.19. The highest BCUT2D eigenvalue weighted by Gasteiger charge is 2.20. The zero-order valence-electron chi connectivity index (χ0n) is 33.4. The number of hydrogen-bond acceptors (Lipinski definition) is 11. The SMILES string of the molecule is C=CC(=O)OCCCCCCOc1ccc(C(=O)Oc2ccc(OC(=O)c3ccc(OCCCCCCOC(=O)C=C)cc3)c(C(=C)OCC3CCCCC3)c2)cc1. The molecule has 11 nitrogen and oxygen atoms in total. The molecule has 0 N–H and O–H groups in total. The molecule has 1 aliphatic rings. The van der Waals surface area contributed by atoms with Gasteiger partial charge in [-0.2, -0.15) is 0 Å². The number of hydrogen-bond donors (Lipinski definition) is 0. The van der Waals surface area contributed by atoms with E-state index in [0.29, 0.717) is 72.9 Å². The molecule has 0 bridgehead atoms. The van der Waals surface area contributed by atoms with E-state index in [2.05, 4.69) is 19.7 Å². The molecular weight excluding hydrogens is 741 g/mol. The van der Waals surface area contributed by atoms with Crippen molar-refractivity contribution in [2.24, 2.45) is 5.92 Å². The third kappa shape index (κ3) is 16.3. The molecule has 4 rings (SSSR count). The van der Waals surface area contributed by atoms with Crippen molar-refractivity contribution in [2.75, 3.05) is 33.0 Å². The van der Waals surface area contributed by atoms with Gasteiger partial charge in [0.1, 0.15) is 28.8 Å². The molecule has 11 heteroatoms. The van der Waals surface area contributed by atoms with E-state index in [4.69, 9.17) is 33.2 Å². The summed E-state index contributed by atoms with van der Waals surface area (Å²) in [5.41, 5.74) is 1.06. The minimum atomic E-state index is -0.580. The molecule has 0 unspecified atom stereocenters. The summed E-state index contributed by atoms with van der Waals surface area (Å²) < 4.78 is 39.3. The topological polar surface area (TPSA) is 133 Å². The maximum Gasteiger partial charge on any atom is 0.343 e. The van der Waals surface area contributed by atoms with Gasteiger partial charge in [-0.1, -0.05) is 39.0 Å². The van der Waals surface area contributed by atoms with Crippen molar-refractivity contribution in [1.82, 2.24) is 0 Å². The third-order valence-electron chi connectivity index (χ3n) is 9.50. The van der Waals surface area contributed by atoms with E-state index >= 15 is 0 Å². The van der Waals surface area contributed by atoms with Crippen LogP contribution < -0.4 is 18.9 Å². The van der Waals surface area contributed by atoms with Crippen LogP contribution in [0, 0.1) is 5.92 Å². The van der Waals surface area contributed by atoms with Crippen molar-refractivity contribution in [2.45, 2.75) is 83.5 Å². The Balaban J connectivity index is 1.30. The Morgan fingerprint density at radius 1 is 0.552 bits per heavy atom. The van der Waals surface area contributed by atoms with Gasteiger partial charge in [-0.15, -0.1) is 0 Å². The summed E-state index contributed by atoms with van der Waals surface area (Å²) in [6.45, 7) is 13.2. The van der Waals surface area contributed by atoms with Crippen LogP contribution >= 0.6 is 0 Å². The standard InChI is InChI=1S/C47H56O11/c1-4-44(48)54-31-15-8-6-13-29-52-39-23-19-37(20-24-39)46(50)57-41-27-28-43(42(33-41)35(3)56-34-36-17-11-10-12-18-36)58-47(51)38-21-25-40(26-22-38)53-30-14-7-9-16-32-55-45(49)5-2/h4-5,19-28,33,36H,1-3,6-18,29-32,34H2. The van der Waals surface area contributed by atoms with Crippen LogP contribution in [0.1, 0.15) is 110 Å². The Kier molecular flexibility index (Phi) is 19.7. The van der Waals surface area contributed by atoms with E-state index in [1.807, 2.05) is 0 Å². The minimum absolute atomic E-state index is 0.218. The van der Waals surface area contributed by atoms with Crippen molar-refractivity contribution in [3.8, 4) is 23.0 Å². The molecule has 0 aromatic heterocycles. The number of rotatable bonds is 26. The van der Waals surface area contributed by atoms with E-state index in [0.717, 1.165) is 76.4 Å². The van der Waals surface area contributed by atoms with Crippen molar-refractivity contribution < 1.29 is 52.3 Å². The van der Waals surface area contributed by atoms with Crippen LogP contribution in [0.2, 0.25) is 0 Å².